The van der Waals surface area contributed by atoms with Crippen molar-refractivity contribution < 1.29 is 5.11 Å². The van der Waals surface area contributed by atoms with Gasteiger partial charge in [0.25, 0.3) is 0 Å². The first-order valence-corrected chi connectivity index (χ1v) is 7.33. The van der Waals surface area contributed by atoms with Crippen molar-refractivity contribution in [2.45, 2.75) is 31.3 Å². The van der Waals surface area contributed by atoms with E-state index in [4.69, 9.17) is 5.73 Å². The highest BCUT2D eigenvalue weighted by atomic mass is 16.3. The van der Waals surface area contributed by atoms with Crippen molar-refractivity contribution in [3.8, 4) is 0 Å². The maximum atomic E-state index is 10.5. The molecule has 2 aliphatic rings. The molecular formula is C14H29N3O. The summed E-state index contributed by atoms with van der Waals surface area (Å²) in [5.41, 5.74) is 5.13. The summed E-state index contributed by atoms with van der Waals surface area (Å²) in [6, 6.07) is 0. The van der Waals surface area contributed by atoms with E-state index in [0.717, 1.165) is 31.8 Å². The number of rotatable bonds is 6. The molecule has 4 nitrogen and oxygen atoms in total. The highest BCUT2D eigenvalue weighted by Gasteiger charge is 2.43. The minimum atomic E-state index is -0.639. The highest BCUT2D eigenvalue weighted by Crippen LogP contribution is 2.39. The van der Waals surface area contributed by atoms with Crippen LogP contribution in [0, 0.1) is 11.8 Å². The Morgan fingerprint density at radius 3 is 2.39 bits per heavy atom. The number of nitrogens with zero attached hydrogens (tertiary/aromatic N) is 2. The van der Waals surface area contributed by atoms with Gasteiger partial charge < -0.3 is 20.6 Å². The van der Waals surface area contributed by atoms with Crippen LogP contribution in [-0.2, 0) is 0 Å². The quantitative estimate of drug-likeness (QED) is 0.719. The van der Waals surface area contributed by atoms with Crippen LogP contribution in [0.4, 0.5) is 0 Å². The van der Waals surface area contributed by atoms with E-state index < -0.39 is 5.60 Å². The maximum Gasteiger partial charge on any atom is 0.0923 e. The molecule has 1 heterocycles. The molecule has 18 heavy (non-hydrogen) atoms. The Balaban J connectivity index is 1.75. The maximum absolute atomic E-state index is 10.5. The number of likely N-dealkylation sites (tertiary alicyclic amines) is 1. The fraction of sp³-hybridized carbons (Fsp3) is 1.00. The van der Waals surface area contributed by atoms with Gasteiger partial charge in [-0.1, -0.05) is 0 Å². The summed E-state index contributed by atoms with van der Waals surface area (Å²) >= 11 is 0. The van der Waals surface area contributed by atoms with E-state index >= 15 is 0 Å². The van der Waals surface area contributed by atoms with E-state index in [1.807, 2.05) is 0 Å². The van der Waals surface area contributed by atoms with E-state index in [2.05, 4.69) is 23.9 Å². The smallest absolute Gasteiger partial charge is 0.0923 e. The van der Waals surface area contributed by atoms with Gasteiger partial charge in [0.15, 0.2) is 0 Å². The van der Waals surface area contributed by atoms with E-state index in [9.17, 15) is 5.11 Å². The van der Waals surface area contributed by atoms with Gasteiger partial charge in [0, 0.05) is 19.6 Å². The van der Waals surface area contributed by atoms with Crippen LogP contribution >= 0.6 is 0 Å². The van der Waals surface area contributed by atoms with Gasteiger partial charge in [0.1, 0.15) is 0 Å². The Labute approximate surface area is 111 Å². The van der Waals surface area contributed by atoms with E-state index in [1.165, 1.54) is 25.9 Å². The Hall–Kier alpha value is -0.160. The Bertz CT molecular complexity index is 262. The van der Waals surface area contributed by atoms with Crippen molar-refractivity contribution in [2.24, 2.45) is 17.6 Å². The molecule has 2 rings (SSSR count). The number of likely N-dealkylation sites (N-methyl/N-ethyl adjacent to an activating group) is 1. The zero-order valence-corrected chi connectivity index (χ0v) is 11.9. The van der Waals surface area contributed by atoms with Crippen molar-refractivity contribution in [3.05, 3.63) is 0 Å². The van der Waals surface area contributed by atoms with E-state index in [-0.39, 0.29) is 0 Å². The molecule has 0 aromatic carbocycles. The topological polar surface area (TPSA) is 52.7 Å². The van der Waals surface area contributed by atoms with E-state index in [0.29, 0.717) is 12.5 Å². The van der Waals surface area contributed by atoms with Crippen LogP contribution in [0.25, 0.3) is 0 Å². The van der Waals surface area contributed by atoms with Crippen LogP contribution < -0.4 is 5.73 Å². The van der Waals surface area contributed by atoms with Crippen molar-refractivity contribution in [3.63, 3.8) is 0 Å². The molecule has 1 saturated heterocycles. The second-order valence-corrected chi connectivity index (χ2v) is 6.53. The highest BCUT2D eigenvalue weighted by molar-refractivity contribution is 4.97. The summed E-state index contributed by atoms with van der Waals surface area (Å²) in [6.45, 7) is 4.66. The summed E-state index contributed by atoms with van der Waals surface area (Å²) in [5, 5.41) is 10.5. The van der Waals surface area contributed by atoms with E-state index in [1.54, 1.807) is 0 Å². The molecule has 0 bridgehead atoms. The SMILES string of the molecule is CN1CCC(CN(C)CC(O)(CN)C2CC2)CC1. The summed E-state index contributed by atoms with van der Waals surface area (Å²) in [4.78, 5) is 4.69. The molecule has 2 fully saturated rings. The lowest BCUT2D eigenvalue weighted by atomic mass is 9.94. The van der Waals surface area contributed by atoms with Crippen molar-refractivity contribution in [2.75, 3.05) is 46.8 Å². The summed E-state index contributed by atoms with van der Waals surface area (Å²) in [5.74, 6) is 1.23. The summed E-state index contributed by atoms with van der Waals surface area (Å²) in [6.07, 6.45) is 4.86. The first-order valence-electron chi connectivity index (χ1n) is 7.33. The lowest BCUT2D eigenvalue weighted by Crippen LogP contribution is -2.50. The molecule has 106 valence electrons. The zero-order valence-electron chi connectivity index (χ0n) is 11.9. The molecule has 0 aromatic heterocycles. The van der Waals surface area contributed by atoms with Crippen LogP contribution in [0.15, 0.2) is 0 Å². The Kier molecular flexibility index (Phi) is 4.64. The molecular weight excluding hydrogens is 226 g/mol. The average Bonchev–Trinajstić information content (AvgIpc) is 3.16. The van der Waals surface area contributed by atoms with Gasteiger partial charge in [-0.15, -0.1) is 0 Å². The van der Waals surface area contributed by atoms with Crippen LogP contribution in [0.2, 0.25) is 0 Å². The molecule has 0 radical (unpaired) electrons. The van der Waals surface area contributed by atoms with Crippen LogP contribution in [0.3, 0.4) is 0 Å². The van der Waals surface area contributed by atoms with Gasteiger partial charge in [-0.05, 0) is 64.7 Å². The lowest BCUT2D eigenvalue weighted by Gasteiger charge is -2.35. The first-order chi connectivity index (χ1) is 8.53. The van der Waals surface area contributed by atoms with Gasteiger partial charge in [0.05, 0.1) is 5.60 Å². The average molecular weight is 255 g/mol. The second-order valence-electron chi connectivity index (χ2n) is 6.53. The Morgan fingerprint density at radius 1 is 1.28 bits per heavy atom. The van der Waals surface area contributed by atoms with Gasteiger partial charge in [-0.2, -0.15) is 0 Å². The molecule has 1 aliphatic carbocycles. The third-order valence-corrected chi connectivity index (χ3v) is 4.64. The van der Waals surface area contributed by atoms with Crippen LogP contribution in [0.5, 0.6) is 0 Å². The summed E-state index contributed by atoms with van der Waals surface area (Å²) < 4.78 is 0. The predicted molar refractivity (Wildman–Crippen MR) is 74.4 cm³/mol. The molecule has 3 N–H and O–H groups in total. The van der Waals surface area contributed by atoms with Crippen molar-refractivity contribution in [1.29, 1.82) is 0 Å². The molecule has 0 spiro atoms. The molecule has 1 saturated carbocycles. The predicted octanol–water partition coefficient (Wildman–Crippen LogP) is 0.360. The van der Waals surface area contributed by atoms with Gasteiger partial charge in [0.2, 0.25) is 0 Å². The number of piperidine rings is 1. The minimum Gasteiger partial charge on any atom is -0.387 e. The molecule has 0 aromatic rings. The second kappa shape index (κ2) is 5.87. The minimum absolute atomic E-state index is 0.398. The first kappa shape index (κ1) is 14.3. The fourth-order valence-corrected chi connectivity index (χ4v) is 3.20. The van der Waals surface area contributed by atoms with Crippen molar-refractivity contribution >= 4 is 0 Å². The van der Waals surface area contributed by atoms with Crippen LogP contribution in [0.1, 0.15) is 25.7 Å². The summed E-state index contributed by atoms with van der Waals surface area (Å²) in [7, 11) is 4.32. The number of hydrogen-bond acceptors (Lipinski definition) is 4. The molecule has 1 unspecified atom stereocenters. The number of nitrogens with two attached hydrogens (primary N) is 1. The fourth-order valence-electron chi connectivity index (χ4n) is 3.20. The Morgan fingerprint density at radius 2 is 1.89 bits per heavy atom. The molecule has 4 heteroatoms. The molecule has 0 amide bonds. The van der Waals surface area contributed by atoms with Gasteiger partial charge in [-0.25, -0.2) is 0 Å². The van der Waals surface area contributed by atoms with Gasteiger partial charge in [-0.3, -0.25) is 0 Å². The zero-order chi connectivity index (χ0) is 13.2. The number of aliphatic hydroxyl groups is 1. The van der Waals surface area contributed by atoms with Crippen LogP contribution in [-0.4, -0.2) is 67.3 Å². The number of hydrogen-bond donors (Lipinski definition) is 2. The lowest BCUT2D eigenvalue weighted by molar-refractivity contribution is -0.00691. The normalized spacial score (nSPS) is 26.5. The monoisotopic (exact) mass is 255 g/mol. The standard InChI is InChI=1S/C14H29N3O/c1-16-7-5-12(6-8-16)9-17(2)11-14(18,10-15)13-3-4-13/h12-13,18H,3-11,15H2,1-2H3. The third-order valence-electron chi connectivity index (χ3n) is 4.64. The third kappa shape index (κ3) is 3.67. The molecule has 1 aliphatic heterocycles. The molecule has 1 atom stereocenters. The van der Waals surface area contributed by atoms with Gasteiger partial charge >= 0.3 is 0 Å². The largest absolute Gasteiger partial charge is 0.387 e. The van der Waals surface area contributed by atoms with Crippen molar-refractivity contribution in [1.82, 2.24) is 9.80 Å².